The number of nitrogens with zero attached hydrogens (tertiary/aromatic N) is 1. The first kappa shape index (κ1) is 16.9. The Hall–Kier alpha value is -4.26. The fourth-order valence-corrected chi connectivity index (χ4v) is 3.51. The normalized spacial score (nSPS) is 11.3. The van der Waals surface area contributed by atoms with Crippen molar-refractivity contribution in [2.24, 2.45) is 0 Å². The van der Waals surface area contributed by atoms with Gasteiger partial charge in [-0.2, -0.15) is 0 Å². The van der Waals surface area contributed by atoms with E-state index in [1.165, 1.54) is 30.3 Å². The fraction of sp³-hybridized carbons (Fsp3) is 0. The zero-order valence-corrected chi connectivity index (χ0v) is 14.8. The molecule has 0 saturated carbocycles. The first-order chi connectivity index (χ1) is 14.0. The molecule has 2 aromatic heterocycles. The standard InChI is InChI=1S/C22H12N2O5/c25-18-11-19(12-5-7-13(8-6-12)24(27)28)29-22-15(18)9-10-17-20(22)21(26)14-3-1-2-4-16(14)23-17/h1-11H,(H,23,26). The van der Waals surface area contributed by atoms with E-state index < -0.39 is 4.92 Å². The van der Waals surface area contributed by atoms with Gasteiger partial charge in [0.25, 0.3) is 5.69 Å². The number of non-ortho nitro benzene ring substituents is 1. The molecule has 0 fully saturated rings. The van der Waals surface area contributed by atoms with Gasteiger partial charge in [0.2, 0.25) is 5.43 Å². The quantitative estimate of drug-likeness (QED) is 0.211. The van der Waals surface area contributed by atoms with Crippen LogP contribution in [0.2, 0.25) is 0 Å². The lowest BCUT2D eigenvalue weighted by Crippen LogP contribution is -2.07. The molecule has 7 heteroatoms. The van der Waals surface area contributed by atoms with Crippen molar-refractivity contribution in [1.29, 1.82) is 0 Å². The minimum Gasteiger partial charge on any atom is -0.455 e. The van der Waals surface area contributed by atoms with Crippen LogP contribution in [0.4, 0.5) is 5.69 Å². The number of nitro groups is 1. The largest absolute Gasteiger partial charge is 0.455 e. The summed E-state index contributed by atoms with van der Waals surface area (Å²) < 4.78 is 5.98. The molecule has 140 valence electrons. The second-order valence-electron chi connectivity index (χ2n) is 6.64. The number of aromatic amines is 1. The maximum atomic E-state index is 13.1. The highest BCUT2D eigenvalue weighted by Gasteiger charge is 2.15. The maximum Gasteiger partial charge on any atom is 0.269 e. The molecular weight excluding hydrogens is 372 g/mol. The molecule has 0 bridgehead atoms. The van der Waals surface area contributed by atoms with E-state index in [0.29, 0.717) is 32.8 Å². The number of H-pyrrole nitrogens is 1. The Bertz CT molecular complexity index is 1560. The van der Waals surface area contributed by atoms with Gasteiger partial charge < -0.3 is 9.40 Å². The summed E-state index contributed by atoms with van der Waals surface area (Å²) in [6, 6.07) is 17.4. The molecule has 0 radical (unpaired) electrons. The van der Waals surface area contributed by atoms with Crippen molar-refractivity contribution >= 4 is 38.5 Å². The lowest BCUT2D eigenvalue weighted by atomic mass is 10.1. The molecule has 5 aromatic rings. The summed E-state index contributed by atoms with van der Waals surface area (Å²) >= 11 is 0. The average Bonchev–Trinajstić information content (AvgIpc) is 2.73. The zero-order chi connectivity index (χ0) is 20.1. The van der Waals surface area contributed by atoms with Crippen LogP contribution in [-0.2, 0) is 0 Å². The highest BCUT2D eigenvalue weighted by Crippen LogP contribution is 2.28. The van der Waals surface area contributed by atoms with Gasteiger partial charge >= 0.3 is 0 Å². The molecule has 0 aliphatic carbocycles. The second-order valence-corrected chi connectivity index (χ2v) is 6.64. The van der Waals surface area contributed by atoms with Gasteiger partial charge in [0.15, 0.2) is 11.0 Å². The molecular formula is C22H12N2O5. The number of nitrogens with one attached hydrogen (secondary N) is 1. The summed E-state index contributed by atoms with van der Waals surface area (Å²) in [6.07, 6.45) is 0. The Labute approximate surface area is 162 Å². The van der Waals surface area contributed by atoms with E-state index >= 15 is 0 Å². The minimum atomic E-state index is -0.501. The van der Waals surface area contributed by atoms with Gasteiger partial charge in [0.05, 0.1) is 21.2 Å². The number of pyridine rings is 1. The summed E-state index contributed by atoms with van der Waals surface area (Å²) in [5.41, 5.74) is 1.35. The van der Waals surface area contributed by atoms with E-state index in [2.05, 4.69) is 4.98 Å². The topological polar surface area (TPSA) is 106 Å². The summed E-state index contributed by atoms with van der Waals surface area (Å²) in [6.45, 7) is 0. The Balaban J connectivity index is 1.86. The van der Waals surface area contributed by atoms with Gasteiger partial charge in [0, 0.05) is 34.7 Å². The zero-order valence-electron chi connectivity index (χ0n) is 14.8. The van der Waals surface area contributed by atoms with Gasteiger partial charge in [-0.15, -0.1) is 0 Å². The number of hydrogen-bond acceptors (Lipinski definition) is 5. The summed E-state index contributed by atoms with van der Waals surface area (Å²) in [7, 11) is 0. The maximum absolute atomic E-state index is 13.1. The van der Waals surface area contributed by atoms with Crippen molar-refractivity contribution in [2.75, 3.05) is 0 Å². The van der Waals surface area contributed by atoms with Crippen molar-refractivity contribution in [3.63, 3.8) is 0 Å². The third-order valence-electron chi connectivity index (χ3n) is 4.93. The highest BCUT2D eigenvalue weighted by atomic mass is 16.6. The van der Waals surface area contributed by atoms with Crippen LogP contribution in [0.3, 0.4) is 0 Å². The van der Waals surface area contributed by atoms with E-state index in [0.717, 1.165) is 0 Å². The van der Waals surface area contributed by atoms with E-state index in [1.54, 1.807) is 24.3 Å². The number of fused-ring (bicyclic) bond motifs is 4. The molecule has 3 aromatic carbocycles. The van der Waals surface area contributed by atoms with Gasteiger partial charge in [-0.1, -0.05) is 12.1 Å². The van der Waals surface area contributed by atoms with Gasteiger partial charge in [-0.05, 0) is 36.4 Å². The predicted octanol–water partition coefficient (Wildman–Crippen LogP) is 4.36. The molecule has 0 saturated heterocycles. The number of aromatic nitrogens is 1. The molecule has 0 amide bonds. The van der Waals surface area contributed by atoms with Crippen LogP contribution >= 0.6 is 0 Å². The van der Waals surface area contributed by atoms with Crippen LogP contribution in [0, 0.1) is 10.1 Å². The molecule has 5 rings (SSSR count). The third-order valence-corrected chi connectivity index (χ3v) is 4.93. The fourth-order valence-electron chi connectivity index (χ4n) is 3.51. The number of benzene rings is 3. The molecule has 0 atom stereocenters. The van der Waals surface area contributed by atoms with Crippen molar-refractivity contribution in [3.05, 3.63) is 97.3 Å². The van der Waals surface area contributed by atoms with E-state index in [4.69, 9.17) is 4.42 Å². The molecule has 0 aliphatic heterocycles. The molecule has 29 heavy (non-hydrogen) atoms. The van der Waals surface area contributed by atoms with Crippen LogP contribution in [0.15, 0.2) is 80.7 Å². The second kappa shape index (κ2) is 6.13. The molecule has 7 nitrogen and oxygen atoms in total. The summed E-state index contributed by atoms with van der Waals surface area (Å²) in [5.74, 6) is 0.234. The Morgan fingerprint density at radius 2 is 1.62 bits per heavy atom. The Morgan fingerprint density at radius 1 is 0.862 bits per heavy atom. The summed E-state index contributed by atoms with van der Waals surface area (Å²) in [4.78, 5) is 39.4. The van der Waals surface area contributed by atoms with Crippen molar-refractivity contribution in [1.82, 2.24) is 4.98 Å². The SMILES string of the molecule is O=c1cc(-c2ccc([N+](=O)[O-])cc2)oc2c1ccc1[nH]c3ccccc3c(=O)c12. The lowest BCUT2D eigenvalue weighted by Gasteiger charge is -2.07. The third kappa shape index (κ3) is 2.60. The van der Waals surface area contributed by atoms with Gasteiger partial charge in [-0.3, -0.25) is 19.7 Å². The number of para-hydroxylation sites is 1. The Morgan fingerprint density at radius 3 is 2.38 bits per heavy atom. The van der Waals surface area contributed by atoms with Gasteiger partial charge in [0.1, 0.15) is 5.76 Å². The predicted molar refractivity (Wildman–Crippen MR) is 110 cm³/mol. The van der Waals surface area contributed by atoms with Crippen molar-refractivity contribution in [2.45, 2.75) is 0 Å². The smallest absolute Gasteiger partial charge is 0.269 e. The van der Waals surface area contributed by atoms with E-state index in [-0.39, 0.29) is 27.9 Å². The highest BCUT2D eigenvalue weighted by molar-refractivity contribution is 6.06. The van der Waals surface area contributed by atoms with Gasteiger partial charge in [-0.25, -0.2) is 0 Å². The molecule has 0 unspecified atom stereocenters. The van der Waals surface area contributed by atoms with Crippen molar-refractivity contribution in [3.8, 4) is 11.3 Å². The summed E-state index contributed by atoms with van der Waals surface area (Å²) in [5, 5.41) is 11.9. The van der Waals surface area contributed by atoms with Crippen LogP contribution in [0.1, 0.15) is 0 Å². The van der Waals surface area contributed by atoms with Crippen molar-refractivity contribution < 1.29 is 9.34 Å². The number of hydrogen-bond donors (Lipinski definition) is 1. The molecule has 1 N–H and O–H groups in total. The number of nitro benzene ring substituents is 1. The minimum absolute atomic E-state index is 0.0646. The Kier molecular flexibility index (Phi) is 3.57. The first-order valence-electron chi connectivity index (χ1n) is 8.79. The number of rotatable bonds is 2. The van der Waals surface area contributed by atoms with Crippen LogP contribution in [-0.4, -0.2) is 9.91 Å². The monoisotopic (exact) mass is 384 g/mol. The first-order valence-corrected chi connectivity index (χ1v) is 8.79. The van der Waals surface area contributed by atoms with Crippen LogP contribution in [0.5, 0.6) is 0 Å². The lowest BCUT2D eigenvalue weighted by molar-refractivity contribution is -0.384. The van der Waals surface area contributed by atoms with Crippen LogP contribution < -0.4 is 10.9 Å². The van der Waals surface area contributed by atoms with E-state index in [1.807, 2.05) is 12.1 Å². The van der Waals surface area contributed by atoms with Crippen LogP contribution in [0.25, 0.3) is 44.1 Å². The van der Waals surface area contributed by atoms with E-state index in [9.17, 15) is 19.7 Å². The average molecular weight is 384 g/mol. The molecule has 0 aliphatic rings. The molecule has 0 spiro atoms. The molecule has 2 heterocycles.